The number of benzene rings is 2. The van der Waals surface area contributed by atoms with Gasteiger partial charge in [0.05, 0.1) is 50.2 Å². The molecule has 0 spiro atoms. The summed E-state index contributed by atoms with van der Waals surface area (Å²) < 4.78 is 64.4. The molecule has 0 saturated heterocycles. The standard InChI is InChI=1S/2C21H29N6O5P.C4H4O4/c2*1-14(2)31-21(28)16(4)26-33(29,32-17-8-6-5-7-9-17)13-30-15(3)10-27-12-25-18-19(22)23-11-24-20(18)27;5-3(6)1-2-4(7)8/h2*5-9,11-12,14-16H,10,13H2,1-4H3,(H,26,29)(H2,22,23,24);1-2H,(H,5,6)(H,7,8)/t15?,16?,33-;;/m0../s1. The summed E-state index contributed by atoms with van der Waals surface area (Å²) >= 11 is 0. The lowest BCUT2D eigenvalue weighted by Crippen LogP contribution is -2.37. The molecule has 28 heteroatoms. The molecule has 5 unspecified atom stereocenters. The first-order valence-corrected chi connectivity index (χ1v) is 26.4. The second-order valence-corrected chi connectivity index (χ2v) is 20.8. The Kier molecular flexibility index (Phi) is 22.6. The van der Waals surface area contributed by atoms with E-state index in [2.05, 4.69) is 40.1 Å². The molecule has 0 bridgehead atoms. The first-order valence-electron chi connectivity index (χ1n) is 22.8. The van der Waals surface area contributed by atoms with Crippen molar-refractivity contribution < 1.29 is 66.5 Å². The second-order valence-electron chi connectivity index (χ2n) is 16.7. The molecular formula is C46H62N12O14P2. The van der Waals surface area contributed by atoms with Crippen molar-refractivity contribution in [3.63, 3.8) is 0 Å². The van der Waals surface area contributed by atoms with Crippen LogP contribution in [0.2, 0.25) is 0 Å². The molecule has 0 aliphatic rings. The van der Waals surface area contributed by atoms with E-state index in [1.54, 1.807) is 112 Å². The van der Waals surface area contributed by atoms with Gasteiger partial charge in [0.15, 0.2) is 22.9 Å². The Labute approximate surface area is 426 Å². The van der Waals surface area contributed by atoms with Gasteiger partial charge >= 0.3 is 38.9 Å². The summed E-state index contributed by atoms with van der Waals surface area (Å²) in [4.78, 5) is 68.4. The molecule has 6 aromatic rings. The SMILES string of the molecule is CC(C)OC(=O)C(C)NP(=O)(COC(C)Cn1cnc2c(N)ncnc21)Oc1ccccc1.CC(C)OC(=O)C(C)N[P@](=O)(COC(C)Cn1cnc2c(N)ncnc21)Oc1ccccc1.O=C(O)C=CC(=O)O. The van der Waals surface area contributed by atoms with Gasteiger partial charge in [0, 0.05) is 12.2 Å². The molecule has 0 radical (unpaired) electrons. The number of hydrogen-bond donors (Lipinski definition) is 6. The maximum absolute atomic E-state index is 13.6. The van der Waals surface area contributed by atoms with Crippen LogP contribution >= 0.6 is 15.0 Å². The van der Waals surface area contributed by atoms with Gasteiger partial charge in [0.2, 0.25) is 0 Å². The van der Waals surface area contributed by atoms with Crippen LogP contribution in [0.3, 0.4) is 0 Å². The zero-order chi connectivity index (χ0) is 54.6. The number of fused-ring (bicyclic) bond motifs is 2. The minimum Gasteiger partial charge on any atom is -0.478 e. The number of rotatable bonds is 24. The largest absolute Gasteiger partial charge is 0.478 e. The van der Waals surface area contributed by atoms with E-state index < -0.39 is 51.0 Å². The Bertz CT molecular complexity index is 2710. The van der Waals surface area contributed by atoms with E-state index in [0.29, 0.717) is 70.7 Å². The number of carboxylic acid groups (broad SMARTS) is 2. The van der Waals surface area contributed by atoms with Gasteiger partial charge in [-0.05, 0) is 79.7 Å². The summed E-state index contributed by atoms with van der Waals surface area (Å²) in [5.74, 6) is -2.21. The average molecular weight is 1070 g/mol. The lowest BCUT2D eigenvalue weighted by atomic mass is 10.3. The number of nitrogen functional groups attached to an aromatic ring is 2. The molecule has 2 aromatic carbocycles. The highest BCUT2D eigenvalue weighted by Crippen LogP contribution is 2.45. The number of nitrogens with zero attached hydrogens (tertiary/aromatic N) is 8. The van der Waals surface area contributed by atoms with Gasteiger partial charge in [-0.15, -0.1) is 0 Å². The molecule has 400 valence electrons. The van der Waals surface area contributed by atoms with Gasteiger partial charge in [-0.1, -0.05) is 36.4 Å². The number of esters is 2. The maximum Gasteiger partial charge on any atom is 0.342 e. The first-order chi connectivity index (χ1) is 35.0. The van der Waals surface area contributed by atoms with Gasteiger partial charge < -0.3 is 58.8 Å². The number of aromatic nitrogens is 8. The molecule has 4 aromatic heterocycles. The summed E-state index contributed by atoms with van der Waals surface area (Å²) in [6, 6.07) is 15.7. The van der Waals surface area contributed by atoms with E-state index in [0.717, 1.165) is 0 Å². The molecule has 0 fully saturated rings. The van der Waals surface area contributed by atoms with Crippen molar-refractivity contribution in [1.82, 2.24) is 49.2 Å². The molecule has 0 saturated carbocycles. The number of carbonyl (C=O) groups is 4. The Balaban J connectivity index is 0.000000279. The summed E-state index contributed by atoms with van der Waals surface area (Å²) in [5, 5.41) is 21.2. The number of hydrogen-bond acceptors (Lipinski definition) is 20. The van der Waals surface area contributed by atoms with Crippen LogP contribution in [0.1, 0.15) is 55.4 Å². The third-order valence-electron chi connectivity index (χ3n) is 9.38. The van der Waals surface area contributed by atoms with E-state index >= 15 is 0 Å². The zero-order valence-corrected chi connectivity index (χ0v) is 43.7. The third kappa shape index (κ3) is 19.6. The summed E-state index contributed by atoms with van der Waals surface area (Å²) in [6.45, 7) is 14.5. The number of carbonyl (C=O) groups excluding carboxylic acids is 2. The fraction of sp³-hybridized carbons (Fsp3) is 0.391. The lowest BCUT2D eigenvalue weighted by molar-refractivity contribution is -0.149. The Morgan fingerprint density at radius 3 is 1.26 bits per heavy atom. The van der Waals surface area contributed by atoms with Crippen LogP contribution in [0.4, 0.5) is 11.6 Å². The van der Waals surface area contributed by atoms with E-state index in [1.807, 2.05) is 26.0 Å². The van der Waals surface area contributed by atoms with Crippen LogP contribution in [0, 0.1) is 0 Å². The molecule has 6 rings (SSSR count). The predicted molar refractivity (Wildman–Crippen MR) is 272 cm³/mol. The number of ether oxygens (including phenoxy) is 4. The lowest BCUT2D eigenvalue weighted by Gasteiger charge is -2.25. The van der Waals surface area contributed by atoms with Crippen molar-refractivity contribution in [2.75, 3.05) is 24.2 Å². The van der Waals surface area contributed by atoms with Crippen LogP contribution in [0.25, 0.3) is 22.3 Å². The van der Waals surface area contributed by atoms with Crippen LogP contribution < -0.4 is 30.7 Å². The quantitative estimate of drug-likeness (QED) is 0.0242. The van der Waals surface area contributed by atoms with Crippen LogP contribution in [0.5, 0.6) is 11.5 Å². The van der Waals surface area contributed by atoms with E-state index in [-0.39, 0.29) is 37.1 Å². The van der Waals surface area contributed by atoms with Gasteiger partial charge in [-0.2, -0.15) is 0 Å². The van der Waals surface area contributed by atoms with Gasteiger partial charge in [-0.3, -0.25) is 18.7 Å². The van der Waals surface area contributed by atoms with E-state index in [9.17, 15) is 28.3 Å². The summed E-state index contributed by atoms with van der Waals surface area (Å²) in [6.07, 6.45) is 5.14. The third-order valence-corrected chi connectivity index (χ3v) is 12.9. The number of nitrogens with one attached hydrogen (secondary N) is 2. The minimum absolute atomic E-state index is 0.272. The van der Waals surface area contributed by atoms with Crippen molar-refractivity contribution in [2.45, 2.75) is 105 Å². The average Bonchev–Trinajstić information content (AvgIpc) is 3.95. The number of nitrogens with two attached hydrogens (primary N) is 2. The molecule has 8 N–H and O–H groups in total. The van der Waals surface area contributed by atoms with Crippen molar-refractivity contribution in [2.24, 2.45) is 0 Å². The molecule has 74 heavy (non-hydrogen) atoms. The maximum atomic E-state index is 13.6. The topological polar surface area (TPSA) is 362 Å². The number of carboxylic acids is 2. The minimum atomic E-state index is -3.64. The number of imidazole rings is 2. The van der Waals surface area contributed by atoms with Crippen LogP contribution in [0.15, 0.2) is 98.1 Å². The molecular weight excluding hydrogens is 1010 g/mol. The number of para-hydroxylation sites is 2. The Hall–Kier alpha value is -7.34. The number of aliphatic carboxylic acids is 2. The van der Waals surface area contributed by atoms with Crippen molar-refractivity contribution in [3.8, 4) is 11.5 Å². The highest BCUT2D eigenvalue weighted by molar-refractivity contribution is 7.57. The predicted octanol–water partition coefficient (Wildman–Crippen LogP) is 5.66. The van der Waals surface area contributed by atoms with Gasteiger partial charge in [0.25, 0.3) is 0 Å². The molecule has 6 atom stereocenters. The van der Waals surface area contributed by atoms with E-state index in [1.165, 1.54) is 12.7 Å². The second kappa shape index (κ2) is 28.2. The summed E-state index contributed by atoms with van der Waals surface area (Å²) in [5.41, 5.74) is 13.8. The molecule has 26 nitrogen and oxygen atoms in total. The van der Waals surface area contributed by atoms with E-state index in [4.69, 9.17) is 49.7 Å². The van der Waals surface area contributed by atoms with Gasteiger partial charge in [-0.25, -0.2) is 49.7 Å². The zero-order valence-electron chi connectivity index (χ0n) is 42.0. The molecule has 0 aliphatic carbocycles. The number of anilines is 2. The highest BCUT2D eigenvalue weighted by atomic mass is 31.2. The van der Waals surface area contributed by atoms with Crippen molar-refractivity contribution in [3.05, 3.63) is 98.1 Å². The molecule has 4 heterocycles. The van der Waals surface area contributed by atoms with Crippen molar-refractivity contribution >= 4 is 72.9 Å². The Morgan fingerprint density at radius 1 is 0.581 bits per heavy atom. The van der Waals surface area contributed by atoms with Crippen LogP contribution in [-0.4, -0.2) is 122 Å². The smallest absolute Gasteiger partial charge is 0.342 e. The monoisotopic (exact) mass is 1070 g/mol. The molecule has 0 aliphatic heterocycles. The summed E-state index contributed by atoms with van der Waals surface area (Å²) in [7, 11) is -7.28. The fourth-order valence-electron chi connectivity index (χ4n) is 6.16. The van der Waals surface area contributed by atoms with Crippen LogP contribution in [-0.2, 0) is 60.3 Å². The van der Waals surface area contributed by atoms with Gasteiger partial charge in [0.1, 0.15) is 60.0 Å². The molecule has 0 amide bonds. The normalized spacial score (nSPS) is 14.6. The van der Waals surface area contributed by atoms with Crippen molar-refractivity contribution in [1.29, 1.82) is 0 Å². The highest BCUT2D eigenvalue weighted by Gasteiger charge is 2.33. The first kappa shape index (κ1) is 59.2. The fourth-order valence-corrected chi connectivity index (χ4v) is 9.74. The Morgan fingerprint density at radius 2 is 0.932 bits per heavy atom.